The normalized spacial score (nSPS) is 17.0. The summed E-state index contributed by atoms with van der Waals surface area (Å²) in [6.07, 6.45) is 0. The highest BCUT2D eigenvalue weighted by Crippen LogP contribution is 2.37. The summed E-state index contributed by atoms with van der Waals surface area (Å²) in [4.78, 5) is 13.3. The number of hydrogen-bond acceptors (Lipinski definition) is 6. The first-order valence-electron chi connectivity index (χ1n) is 10.3. The van der Waals surface area contributed by atoms with E-state index in [1.165, 1.54) is 11.8 Å². The number of hydrogen-bond donors (Lipinski definition) is 2. The van der Waals surface area contributed by atoms with Crippen molar-refractivity contribution in [1.29, 1.82) is 0 Å². The number of para-hydroxylation sites is 1. The van der Waals surface area contributed by atoms with Gasteiger partial charge in [-0.15, -0.1) is 10.2 Å². The molecule has 0 saturated carbocycles. The molecule has 2 heterocycles. The third kappa shape index (κ3) is 4.81. The number of fused-ring (bicyclic) bond motifs is 1. The van der Waals surface area contributed by atoms with Crippen LogP contribution in [0, 0.1) is 0 Å². The first kappa shape index (κ1) is 21.4. The highest BCUT2D eigenvalue weighted by molar-refractivity contribution is 8.00. The number of anilines is 1. The first-order valence-corrected chi connectivity index (χ1v) is 11.6. The van der Waals surface area contributed by atoms with Crippen LogP contribution in [0.25, 0.3) is 0 Å². The van der Waals surface area contributed by atoms with Crippen LogP contribution in [0.1, 0.15) is 17.4 Å². The Morgan fingerprint density at radius 1 is 1.03 bits per heavy atom. The van der Waals surface area contributed by atoms with E-state index in [0.29, 0.717) is 21.7 Å². The third-order valence-corrected chi connectivity index (χ3v) is 6.57. The molecule has 0 aliphatic carbocycles. The molecule has 0 radical (unpaired) electrons. The molecule has 0 unspecified atom stereocenters. The largest absolute Gasteiger partial charge is 0.486 e. The van der Waals surface area contributed by atoms with Gasteiger partial charge in [-0.25, -0.2) is 4.68 Å². The molecule has 2 N–H and O–H groups in total. The third-order valence-electron chi connectivity index (χ3n) is 5.12. The standard InChI is InChI=1S/C24H20ClN5O2S/c25-17-10-7-11-18(14-17)26-23(31)22-21(16-8-3-1-4-9-16)29-30-20(27-28-24(30)33-22)15-32-19-12-5-2-6-13-19/h1-14,21-22,29H,15H2,(H,26,31)/t21-,22+/m0/s1. The second kappa shape index (κ2) is 9.56. The van der Waals surface area contributed by atoms with E-state index in [4.69, 9.17) is 16.3 Å². The minimum absolute atomic E-state index is 0.153. The number of rotatable bonds is 6. The maximum absolute atomic E-state index is 13.3. The fourth-order valence-electron chi connectivity index (χ4n) is 3.55. The molecule has 0 bridgehead atoms. The van der Waals surface area contributed by atoms with Gasteiger partial charge >= 0.3 is 0 Å². The van der Waals surface area contributed by atoms with Gasteiger partial charge in [0.2, 0.25) is 11.1 Å². The molecule has 4 aromatic rings. The van der Waals surface area contributed by atoms with Crippen LogP contribution < -0.4 is 15.5 Å². The maximum Gasteiger partial charge on any atom is 0.240 e. The lowest BCUT2D eigenvalue weighted by atomic mass is 10.0. The van der Waals surface area contributed by atoms with E-state index in [2.05, 4.69) is 20.9 Å². The topological polar surface area (TPSA) is 81.1 Å². The quantitative estimate of drug-likeness (QED) is 0.410. The van der Waals surface area contributed by atoms with Crippen LogP contribution in [0.3, 0.4) is 0 Å². The van der Waals surface area contributed by atoms with E-state index in [9.17, 15) is 4.79 Å². The van der Waals surface area contributed by atoms with Gasteiger partial charge in [-0.05, 0) is 35.9 Å². The molecule has 33 heavy (non-hydrogen) atoms. The number of amides is 1. The van der Waals surface area contributed by atoms with Gasteiger partial charge < -0.3 is 15.5 Å². The number of nitrogens with one attached hydrogen (secondary N) is 2. The number of thioether (sulfide) groups is 1. The van der Waals surface area contributed by atoms with Gasteiger partial charge in [-0.3, -0.25) is 4.79 Å². The van der Waals surface area contributed by atoms with Crippen LogP contribution in [0.2, 0.25) is 5.02 Å². The number of nitrogens with zero attached hydrogens (tertiary/aromatic N) is 3. The van der Waals surface area contributed by atoms with Gasteiger partial charge in [0, 0.05) is 10.7 Å². The molecule has 0 spiro atoms. The van der Waals surface area contributed by atoms with Gasteiger partial charge in [0.1, 0.15) is 17.6 Å². The Morgan fingerprint density at radius 3 is 2.55 bits per heavy atom. The Morgan fingerprint density at radius 2 is 1.79 bits per heavy atom. The lowest BCUT2D eigenvalue weighted by molar-refractivity contribution is -0.116. The van der Waals surface area contributed by atoms with Gasteiger partial charge in [0.25, 0.3) is 0 Å². The van der Waals surface area contributed by atoms with E-state index in [0.717, 1.165) is 11.3 Å². The van der Waals surface area contributed by atoms with E-state index < -0.39 is 5.25 Å². The van der Waals surface area contributed by atoms with Crippen molar-refractivity contribution in [3.63, 3.8) is 0 Å². The Kier molecular flexibility index (Phi) is 6.19. The molecule has 1 amide bonds. The molecule has 5 rings (SSSR count). The molecule has 3 aromatic carbocycles. The summed E-state index contributed by atoms with van der Waals surface area (Å²) in [7, 11) is 0. The number of halogens is 1. The molecule has 1 aliphatic heterocycles. The Labute approximate surface area is 200 Å². The molecule has 1 aliphatic rings. The average Bonchev–Trinajstić information content (AvgIpc) is 3.25. The lowest BCUT2D eigenvalue weighted by Gasteiger charge is -2.33. The fraction of sp³-hybridized carbons (Fsp3) is 0.125. The van der Waals surface area contributed by atoms with Crippen LogP contribution in [0.5, 0.6) is 5.75 Å². The summed E-state index contributed by atoms with van der Waals surface area (Å²) in [6, 6.07) is 26.2. The molecule has 9 heteroatoms. The molecule has 7 nitrogen and oxygen atoms in total. The van der Waals surface area contributed by atoms with Gasteiger partial charge in [-0.2, -0.15) is 0 Å². The second-order valence-corrected chi connectivity index (χ2v) is 8.94. The van der Waals surface area contributed by atoms with Crippen molar-refractivity contribution < 1.29 is 9.53 Å². The van der Waals surface area contributed by atoms with Crippen molar-refractivity contribution in [2.75, 3.05) is 10.7 Å². The molecule has 0 saturated heterocycles. The summed E-state index contributed by atoms with van der Waals surface area (Å²) >= 11 is 7.44. The zero-order valence-corrected chi connectivity index (χ0v) is 19.0. The van der Waals surface area contributed by atoms with E-state index in [-0.39, 0.29) is 18.6 Å². The average molecular weight is 478 g/mol. The molecular formula is C24H20ClN5O2S. The first-order chi connectivity index (χ1) is 16.2. The van der Waals surface area contributed by atoms with Crippen molar-refractivity contribution in [3.8, 4) is 5.75 Å². The van der Waals surface area contributed by atoms with Crippen LogP contribution >= 0.6 is 23.4 Å². The number of carbonyl (C=O) groups is 1. The summed E-state index contributed by atoms with van der Waals surface area (Å²) in [6.45, 7) is 0.242. The smallest absolute Gasteiger partial charge is 0.240 e. The monoisotopic (exact) mass is 477 g/mol. The van der Waals surface area contributed by atoms with Crippen molar-refractivity contribution in [1.82, 2.24) is 14.9 Å². The van der Waals surface area contributed by atoms with E-state index >= 15 is 0 Å². The van der Waals surface area contributed by atoms with Crippen molar-refractivity contribution in [3.05, 3.63) is 101 Å². The second-order valence-electron chi connectivity index (χ2n) is 7.39. The van der Waals surface area contributed by atoms with E-state index in [1.807, 2.05) is 66.7 Å². The molecule has 1 aromatic heterocycles. The zero-order chi connectivity index (χ0) is 22.6. The summed E-state index contributed by atoms with van der Waals surface area (Å²) in [5, 5.41) is 12.2. The summed E-state index contributed by atoms with van der Waals surface area (Å²) in [5.74, 6) is 1.22. The molecule has 2 atom stereocenters. The highest BCUT2D eigenvalue weighted by atomic mass is 35.5. The van der Waals surface area contributed by atoms with Gasteiger partial charge in [0.15, 0.2) is 5.82 Å². The fourth-order valence-corrected chi connectivity index (χ4v) is 4.84. The van der Waals surface area contributed by atoms with Gasteiger partial charge in [0.05, 0.1) is 6.04 Å². The predicted molar refractivity (Wildman–Crippen MR) is 129 cm³/mol. The Balaban J connectivity index is 1.41. The van der Waals surface area contributed by atoms with Crippen LogP contribution in [-0.2, 0) is 11.4 Å². The van der Waals surface area contributed by atoms with Crippen LogP contribution in [-0.4, -0.2) is 26.0 Å². The lowest BCUT2D eigenvalue weighted by Crippen LogP contribution is -2.41. The molecule has 0 fully saturated rings. The number of ether oxygens (including phenoxy) is 1. The van der Waals surface area contributed by atoms with Crippen LogP contribution in [0.15, 0.2) is 90.1 Å². The SMILES string of the molecule is O=C(Nc1cccc(Cl)c1)[C@@H]1Sc2nnc(COc3ccccc3)n2N[C@H]1c1ccccc1. The highest BCUT2D eigenvalue weighted by Gasteiger charge is 2.38. The minimum Gasteiger partial charge on any atom is -0.486 e. The van der Waals surface area contributed by atoms with Crippen molar-refractivity contribution >= 4 is 35.0 Å². The Bertz CT molecular complexity index is 1250. The predicted octanol–water partition coefficient (Wildman–Crippen LogP) is 4.91. The summed E-state index contributed by atoms with van der Waals surface area (Å²) in [5.41, 5.74) is 5.05. The van der Waals surface area contributed by atoms with Crippen molar-refractivity contribution in [2.45, 2.75) is 23.1 Å². The number of carbonyl (C=O) groups excluding carboxylic acids is 1. The molecule has 166 valence electrons. The maximum atomic E-state index is 13.3. The van der Waals surface area contributed by atoms with Crippen molar-refractivity contribution in [2.24, 2.45) is 0 Å². The van der Waals surface area contributed by atoms with Crippen LogP contribution in [0.4, 0.5) is 5.69 Å². The number of benzene rings is 3. The summed E-state index contributed by atoms with van der Waals surface area (Å²) < 4.78 is 7.66. The Hall–Kier alpha value is -3.49. The number of aromatic nitrogens is 3. The molecular weight excluding hydrogens is 458 g/mol. The van der Waals surface area contributed by atoms with E-state index in [1.54, 1.807) is 22.9 Å². The zero-order valence-electron chi connectivity index (χ0n) is 17.4. The minimum atomic E-state index is -0.481. The van der Waals surface area contributed by atoms with Gasteiger partial charge in [-0.1, -0.05) is 78.0 Å².